The molecule has 9 heteroatoms. The summed E-state index contributed by atoms with van der Waals surface area (Å²) in [7, 11) is 0. The summed E-state index contributed by atoms with van der Waals surface area (Å²) < 4.78 is 20.9. The van der Waals surface area contributed by atoms with Crippen LogP contribution in [0.2, 0.25) is 0 Å². The SMILES string of the molecule is Nc1nc(I)c2ncn([C@@H]3CO[C@@H]4CO[C@@H](c5ccccc5)O[C@H]4C3)c2n1. The minimum atomic E-state index is -0.367. The first-order valence-electron chi connectivity index (χ1n) is 8.78. The number of hydrogen-bond donors (Lipinski definition) is 1. The number of nitrogens with two attached hydrogens (primary N) is 1. The van der Waals surface area contributed by atoms with Crippen molar-refractivity contribution in [3.8, 4) is 0 Å². The highest BCUT2D eigenvalue weighted by Gasteiger charge is 2.39. The van der Waals surface area contributed by atoms with E-state index in [0.717, 1.165) is 26.8 Å². The van der Waals surface area contributed by atoms with Gasteiger partial charge in [0.15, 0.2) is 11.9 Å². The maximum atomic E-state index is 6.22. The van der Waals surface area contributed by atoms with Crippen LogP contribution in [0.5, 0.6) is 0 Å². The Hall–Kier alpha value is -1.82. The summed E-state index contributed by atoms with van der Waals surface area (Å²) in [5.74, 6) is 0.245. The van der Waals surface area contributed by atoms with Gasteiger partial charge in [-0.3, -0.25) is 0 Å². The van der Waals surface area contributed by atoms with Crippen molar-refractivity contribution in [3.63, 3.8) is 0 Å². The lowest BCUT2D eigenvalue weighted by Gasteiger charge is -2.42. The van der Waals surface area contributed by atoms with E-state index >= 15 is 0 Å². The monoisotopic (exact) mass is 479 g/mol. The number of hydrogen-bond acceptors (Lipinski definition) is 7. The molecule has 140 valence electrons. The number of rotatable bonds is 2. The summed E-state index contributed by atoms with van der Waals surface area (Å²) in [6.45, 7) is 1.07. The number of benzene rings is 1. The van der Waals surface area contributed by atoms with Crippen molar-refractivity contribution in [2.24, 2.45) is 0 Å². The molecule has 2 aliphatic rings. The molecule has 0 aliphatic carbocycles. The molecule has 3 aromatic rings. The Balaban J connectivity index is 1.39. The van der Waals surface area contributed by atoms with E-state index in [1.165, 1.54) is 0 Å². The number of aromatic nitrogens is 4. The van der Waals surface area contributed by atoms with Crippen LogP contribution in [0.1, 0.15) is 24.3 Å². The van der Waals surface area contributed by atoms with Crippen LogP contribution in [-0.4, -0.2) is 44.9 Å². The molecule has 2 N–H and O–H groups in total. The Morgan fingerprint density at radius 2 is 1.93 bits per heavy atom. The molecule has 2 saturated heterocycles. The highest BCUT2D eigenvalue weighted by atomic mass is 127. The Labute approximate surface area is 169 Å². The normalized spacial score (nSPS) is 28.2. The van der Waals surface area contributed by atoms with Gasteiger partial charge in [-0.25, -0.2) is 9.97 Å². The summed E-state index contributed by atoms with van der Waals surface area (Å²) in [5.41, 5.74) is 8.32. The molecule has 0 amide bonds. The summed E-state index contributed by atoms with van der Waals surface area (Å²) in [4.78, 5) is 13.0. The van der Waals surface area contributed by atoms with E-state index in [9.17, 15) is 0 Å². The van der Waals surface area contributed by atoms with Crippen LogP contribution in [0, 0.1) is 3.70 Å². The Kier molecular flexibility index (Phi) is 4.46. The van der Waals surface area contributed by atoms with Gasteiger partial charge in [0.25, 0.3) is 0 Å². The van der Waals surface area contributed by atoms with Crippen molar-refractivity contribution < 1.29 is 14.2 Å². The fourth-order valence-electron chi connectivity index (χ4n) is 3.65. The van der Waals surface area contributed by atoms with Crippen LogP contribution in [0.25, 0.3) is 11.2 Å². The van der Waals surface area contributed by atoms with E-state index in [1.807, 2.05) is 34.9 Å². The zero-order chi connectivity index (χ0) is 18.4. The maximum Gasteiger partial charge on any atom is 0.223 e. The van der Waals surface area contributed by atoms with Crippen LogP contribution >= 0.6 is 22.6 Å². The number of ether oxygens (including phenoxy) is 3. The zero-order valence-corrected chi connectivity index (χ0v) is 16.5. The van der Waals surface area contributed by atoms with E-state index in [2.05, 4.69) is 37.5 Å². The Morgan fingerprint density at radius 3 is 2.78 bits per heavy atom. The minimum Gasteiger partial charge on any atom is -0.371 e. The molecule has 2 aromatic heterocycles. The summed E-state index contributed by atoms with van der Waals surface area (Å²) in [6.07, 6.45) is 2.09. The molecule has 2 fully saturated rings. The molecule has 4 atom stereocenters. The second-order valence-corrected chi connectivity index (χ2v) is 7.73. The average Bonchev–Trinajstić information content (AvgIpc) is 3.12. The van der Waals surface area contributed by atoms with E-state index in [0.29, 0.717) is 13.2 Å². The van der Waals surface area contributed by atoms with Crippen LogP contribution in [0.15, 0.2) is 36.7 Å². The predicted molar refractivity (Wildman–Crippen MR) is 106 cm³/mol. The van der Waals surface area contributed by atoms with Gasteiger partial charge in [-0.2, -0.15) is 4.98 Å². The molecule has 2 aliphatic heterocycles. The number of imidazole rings is 1. The highest BCUT2D eigenvalue weighted by molar-refractivity contribution is 14.1. The molecule has 0 spiro atoms. The first-order chi connectivity index (χ1) is 13.2. The van der Waals surface area contributed by atoms with E-state index in [4.69, 9.17) is 19.9 Å². The van der Waals surface area contributed by atoms with Gasteiger partial charge in [0.1, 0.15) is 15.3 Å². The Bertz CT molecular complexity index is 966. The predicted octanol–water partition coefficient (Wildman–Crippen LogP) is 2.46. The highest BCUT2D eigenvalue weighted by Crippen LogP contribution is 2.36. The lowest BCUT2D eigenvalue weighted by molar-refractivity contribution is -0.282. The Morgan fingerprint density at radius 1 is 1.07 bits per heavy atom. The standard InChI is InChI=1S/C18H18IN5O3/c19-15-14-16(23-18(20)22-15)24(9-21-14)11-6-12-13(25-7-11)8-26-17(27-12)10-4-2-1-3-5-10/h1-5,9,11-13,17H,6-8H2,(H2,20,22,23)/t11-,12-,13+,17+/m0/s1. The number of nitrogen functional groups attached to an aromatic ring is 1. The maximum absolute atomic E-state index is 6.22. The van der Waals surface area contributed by atoms with Gasteiger partial charge in [-0.1, -0.05) is 30.3 Å². The fraction of sp³-hybridized carbons (Fsp3) is 0.389. The van der Waals surface area contributed by atoms with Crippen molar-refractivity contribution in [2.45, 2.75) is 31.0 Å². The third-order valence-electron chi connectivity index (χ3n) is 4.99. The molecule has 0 unspecified atom stereocenters. The van der Waals surface area contributed by atoms with E-state index in [-0.39, 0.29) is 30.5 Å². The van der Waals surface area contributed by atoms with Crippen molar-refractivity contribution in [2.75, 3.05) is 18.9 Å². The molecule has 0 bridgehead atoms. The second-order valence-electron chi connectivity index (χ2n) is 6.71. The number of fused-ring (bicyclic) bond motifs is 2. The van der Waals surface area contributed by atoms with E-state index < -0.39 is 0 Å². The number of anilines is 1. The largest absolute Gasteiger partial charge is 0.371 e. The third kappa shape index (κ3) is 3.18. The van der Waals surface area contributed by atoms with Crippen molar-refractivity contribution in [3.05, 3.63) is 45.9 Å². The van der Waals surface area contributed by atoms with Gasteiger partial charge in [-0.15, -0.1) is 0 Å². The molecular weight excluding hydrogens is 461 g/mol. The lowest BCUT2D eigenvalue weighted by atomic mass is 10.0. The first kappa shape index (κ1) is 17.3. The molecule has 4 heterocycles. The van der Waals surface area contributed by atoms with Crippen LogP contribution in [0.3, 0.4) is 0 Å². The quantitative estimate of drug-likeness (QED) is 0.446. The lowest BCUT2D eigenvalue weighted by Crippen LogP contribution is -2.47. The average molecular weight is 479 g/mol. The molecule has 1 aromatic carbocycles. The topological polar surface area (TPSA) is 97.3 Å². The molecule has 0 saturated carbocycles. The van der Waals surface area contributed by atoms with Gasteiger partial charge in [0, 0.05) is 5.56 Å². The van der Waals surface area contributed by atoms with Gasteiger partial charge in [0.2, 0.25) is 5.95 Å². The van der Waals surface area contributed by atoms with Crippen molar-refractivity contribution in [1.82, 2.24) is 19.5 Å². The molecule has 0 radical (unpaired) electrons. The second kappa shape index (κ2) is 6.97. The van der Waals surface area contributed by atoms with Gasteiger partial charge >= 0.3 is 0 Å². The molecule has 5 rings (SSSR count). The minimum absolute atomic E-state index is 0.0570. The van der Waals surface area contributed by atoms with Crippen LogP contribution in [0.4, 0.5) is 5.95 Å². The van der Waals surface area contributed by atoms with Gasteiger partial charge in [0.05, 0.1) is 31.7 Å². The molecule has 8 nitrogen and oxygen atoms in total. The summed E-state index contributed by atoms with van der Waals surface area (Å²) in [5, 5.41) is 0. The van der Waals surface area contributed by atoms with Crippen molar-refractivity contribution >= 4 is 39.7 Å². The van der Waals surface area contributed by atoms with Crippen molar-refractivity contribution in [1.29, 1.82) is 0 Å². The fourth-order valence-corrected chi connectivity index (χ4v) is 4.28. The van der Waals surface area contributed by atoms with Crippen LogP contribution < -0.4 is 5.73 Å². The summed E-state index contributed by atoms with van der Waals surface area (Å²) in [6, 6.07) is 10.0. The zero-order valence-electron chi connectivity index (χ0n) is 14.4. The number of halogens is 1. The first-order valence-corrected chi connectivity index (χ1v) is 9.86. The number of nitrogens with zero attached hydrogens (tertiary/aromatic N) is 4. The molecule has 27 heavy (non-hydrogen) atoms. The van der Waals surface area contributed by atoms with Gasteiger partial charge < -0.3 is 24.5 Å². The van der Waals surface area contributed by atoms with Gasteiger partial charge in [-0.05, 0) is 29.0 Å². The van der Waals surface area contributed by atoms with E-state index in [1.54, 1.807) is 6.33 Å². The van der Waals surface area contributed by atoms with Crippen LogP contribution in [-0.2, 0) is 14.2 Å². The smallest absolute Gasteiger partial charge is 0.223 e. The molecular formula is C18H18IN5O3. The third-order valence-corrected chi connectivity index (χ3v) is 5.75. The summed E-state index contributed by atoms with van der Waals surface area (Å²) >= 11 is 2.13.